The fraction of sp³-hybridized carbons (Fsp3) is 0.200. The quantitative estimate of drug-likeness (QED) is 0.515. The minimum Gasteiger partial charge on any atom is -0.345 e. The summed E-state index contributed by atoms with van der Waals surface area (Å²) in [6.07, 6.45) is 0. The van der Waals surface area contributed by atoms with Crippen molar-refractivity contribution < 1.29 is 9.59 Å². The number of hydrogen-bond acceptors (Lipinski definition) is 5. The molecule has 2 N–H and O–H groups in total. The van der Waals surface area contributed by atoms with Crippen molar-refractivity contribution in [3.8, 4) is 0 Å². The number of thioether (sulfide) groups is 1. The highest BCUT2D eigenvalue weighted by Crippen LogP contribution is 2.21. The second-order valence-electron chi connectivity index (χ2n) is 6.45. The average molecular weight is 464 g/mol. The van der Waals surface area contributed by atoms with Gasteiger partial charge in [0.15, 0.2) is 11.0 Å². The third kappa shape index (κ3) is 5.75. The predicted octanol–water partition coefficient (Wildman–Crippen LogP) is 4.09. The predicted molar refractivity (Wildman–Crippen MR) is 119 cm³/mol. The van der Waals surface area contributed by atoms with Gasteiger partial charge in [-0.3, -0.25) is 9.59 Å². The Balaban J connectivity index is 1.52. The Morgan fingerprint density at radius 2 is 1.93 bits per heavy atom. The van der Waals surface area contributed by atoms with Gasteiger partial charge in [0.2, 0.25) is 5.91 Å². The van der Waals surface area contributed by atoms with Gasteiger partial charge < -0.3 is 15.2 Å². The molecule has 0 aliphatic rings. The van der Waals surface area contributed by atoms with Crippen LogP contribution in [0.4, 0.5) is 5.69 Å². The smallest absolute Gasteiger partial charge is 0.251 e. The monoisotopic (exact) mass is 463 g/mol. The molecule has 3 aromatic rings. The van der Waals surface area contributed by atoms with Gasteiger partial charge in [0.05, 0.1) is 12.3 Å². The number of anilines is 1. The Bertz CT molecular complexity index is 1090. The maximum absolute atomic E-state index is 12.2. The average Bonchev–Trinajstić information content (AvgIpc) is 3.07. The number of benzene rings is 2. The van der Waals surface area contributed by atoms with Gasteiger partial charge >= 0.3 is 0 Å². The van der Waals surface area contributed by atoms with E-state index in [1.165, 1.54) is 11.8 Å². The van der Waals surface area contributed by atoms with E-state index in [1.807, 2.05) is 13.0 Å². The summed E-state index contributed by atoms with van der Waals surface area (Å²) < 4.78 is 1.74. The number of nitrogens with one attached hydrogen (secondary N) is 2. The van der Waals surface area contributed by atoms with Crippen molar-refractivity contribution >= 4 is 52.5 Å². The van der Waals surface area contributed by atoms with E-state index in [0.29, 0.717) is 32.3 Å². The molecule has 0 spiro atoms. The molecule has 0 fully saturated rings. The molecular formula is C20H19Cl2N5O2S. The van der Waals surface area contributed by atoms with Crippen LogP contribution in [-0.4, -0.2) is 32.3 Å². The van der Waals surface area contributed by atoms with E-state index in [0.717, 1.165) is 5.56 Å². The lowest BCUT2D eigenvalue weighted by Gasteiger charge is -2.07. The lowest BCUT2D eigenvalue weighted by molar-refractivity contribution is -0.113. The number of halogens is 2. The van der Waals surface area contributed by atoms with Crippen LogP contribution < -0.4 is 10.6 Å². The molecular weight excluding hydrogens is 445 g/mol. The Morgan fingerprint density at radius 1 is 1.13 bits per heavy atom. The second-order valence-corrected chi connectivity index (χ2v) is 8.24. The maximum atomic E-state index is 12.2. The fourth-order valence-electron chi connectivity index (χ4n) is 2.51. The fourth-order valence-corrected chi connectivity index (χ4v) is 3.61. The largest absolute Gasteiger partial charge is 0.345 e. The SMILES string of the molecule is Cc1ccc(NC(=O)CSc2nnc(CNC(=O)c3cccc(Cl)c3)n2C)cc1Cl. The summed E-state index contributed by atoms with van der Waals surface area (Å²) >= 11 is 13.2. The van der Waals surface area contributed by atoms with Crippen molar-refractivity contribution in [2.24, 2.45) is 7.05 Å². The highest BCUT2D eigenvalue weighted by molar-refractivity contribution is 7.99. The lowest BCUT2D eigenvalue weighted by atomic mass is 10.2. The summed E-state index contributed by atoms with van der Waals surface area (Å²) in [7, 11) is 1.78. The number of nitrogens with zero attached hydrogens (tertiary/aromatic N) is 3. The molecule has 0 saturated carbocycles. The van der Waals surface area contributed by atoms with Crippen molar-refractivity contribution in [2.75, 3.05) is 11.1 Å². The van der Waals surface area contributed by atoms with Crippen LogP contribution in [0.2, 0.25) is 10.0 Å². The molecule has 0 saturated heterocycles. The highest BCUT2D eigenvalue weighted by atomic mass is 35.5. The van der Waals surface area contributed by atoms with Gasteiger partial charge in [0, 0.05) is 28.3 Å². The minimum absolute atomic E-state index is 0.159. The Morgan fingerprint density at radius 3 is 2.67 bits per heavy atom. The molecule has 0 radical (unpaired) electrons. The molecule has 0 atom stereocenters. The summed E-state index contributed by atoms with van der Waals surface area (Å²) in [6.45, 7) is 2.09. The Labute approximate surface area is 188 Å². The van der Waals surface area contributed by atoms with Gasteiger partial charge in [-0.1, -0.05) is 47.1 Å². The van der Waals surface area contributed by atoms with E-state index in [-0.39, 0.29) is 24.1 Å². The van der Waals surface area contributed by atoms with Crippen molar-refractivity contribution in [2.45, 2.75) is 18.6 Å². The van der Waals surface area contributed by atoms with Gasteiger partial charge in [0.25, 0.3) is 5.91 Å². The van der Waals surface area contributed by atoms with Crippen LogP contribution in [-0.2, 0) is 18.4 Å². The molecule has 0 unspecified atom stereocenters. The standard InChI is InChI=1S/C20H19Cl2N5O2S/c1-12-6-7-15(9-16(12)22)24-18(28)11-30-20-26-25-17(27(20)2)10-23-19(29)13-4-3-5-14(21)8-13/h3-9H,10-11H2,1-2H3,(H,23,29)(H,24,28). The lowest BCUT2D eigenvalue weighted by Crippen LogP contribution is -2.24. The van der Waals surface area contributed by atoms with E-state index in [4.69, 9.17) is 23.2 Å². The Hall–Kier alpha value is -2.55. The van der Waals surface area contributed by atoms with Crippen LogP contribution in [0.25, 0.3) is 0 Å². The summed E-state index contributed by atoms with van der Waals surface area (Å²) in [5.41, 5.74) is 2.05. The third-order valence-corrected chi connectivity index (χ3v) is 5.87. The van der Waals surface area contributed by atoms with Crippen molar-refractivity contribution in [1.82, 2.24) is 20.1 Å². The van der Waals surface area contributed by atoms with Crippen LogP contribution in [0, 0.1) is 6.92 Å². The molecule has 156 valence electrons. The first-order chi connectivity index (χ1) is 14.3. The molecule has 30 heavy (non-hydrogen) atoms. The second kappa shape index (κ2) is 9.97. The van der Waals surface area contributed by atoms with E-state index < -0.39 is 0 Å². The topological polar surface area (TPSA) is 88.9 Å². The molecule has 1 aromatic heterocycles. The van der Waals surface area contributed by atoms with Crippen LogP contribution in [0.3, 0.4) is 0 Å². The molecule has 0 bridgehead atoms. The van der Waals surface area contributed by atoms with Crippen LogP contribution in [0.5, 0.6) is 0 Å². The molecule has 2 amide bonds. The summed E-state index contributed by atoms with van der Waals surface area (Å²) in [5.74, 6) is 0.287. The van der Waals surface area contributed by atoms with Crippen LogP contribution >= 0.6 is 35.0 Å². The molecule has 0 aliphatic carbocycles. The number of hydrogen-bond donors (Lipinski definition) is 2. The van der Waals surface area contributed by atoms with Crippen LogP contribution in [0.1, 0.15) is 21.7 Å². The van der Waals surface area contributed by atoms with Crippen LogP contribution in [0.15, 0.2) is 47.6 Å². The maximum Gasteiger partial charge on any atom is 0.251 e. The molecule has 10 heteroatoms. The van der Waals surface area contributed by atoms with Gasteiger partial charge in [-0.2, -0.15) is 0 Å². The summed E-state index contributed by atoms with van der Waals surface area (Å²) in [6, 6.07) is 12.0. The third-order valence-electron chi connectivity index (χ3n) is 4.21. The first kappa shape index (κ1) is 22.1. The zero-order chi connectivity index (χ0) is 21.7. The van der Waals surface area contributed by atoms with Gasteiger partial charge in [-0.15, -0.1) is 10.2 Å². The first-order valence-corrected chi connectivity index (χ1v) is 10.7. The van der Waals surface area contributed by atoms with Gasteiger partial charge in [0.1, 0.15) is 0 Å². The zero-order valence-electron chi connectivity index (χ0n) is 16.3. The molecule has 7 nitrogen and oxygen atoms in total. The highest BCUT2D eigenvalue weighted by Gasteiger charge is 2.13. The van der Waals surface area contributed by atoms with E-state index >= 15 is 0 Å². The van der Waals surface area contributed by atoms with Crippen molar-refractivity contribution in [1.29, 1.82) is 0 Å². The normalized spacial score (nSPS) is 10.7. The van der Waals surface area contributed by atoms with E-state index in [9.17, 15) is 9.59 Å². The molecule has 0 aliphatic heterocycles. The minimum atomic E-state index is -0.258. The first-order valence-electron chi connectivity index (χ1n) is 8.94. The zero-order valence-corrected chi connectivity index (χ0v) is 18.6. The van der Waals surface area contributed by atoms with Crippen molar-refractivity contribution in [3.05, 3.63) is 69.5 Å². The number of carbonyl (C=O) groups excluding carboxylic acids is 2. The van der Waals surface area contributed by atoms with E-state index in [2.05, 4.69) is 20.8 Å². The number of rotatable bonds is 7. The number of amides is 2. The Kier molecular flexibility index (Phi) is 7.36. The summed E-state index contributed by atoms with van der Waals surface area (Å²) in [4.78, 5) is 24.4. The van der Waals surface area contributed by atoms with Gasteiger partial charge in [-0.25, -0.2) is 0 Å². The van der Waals surface area contributed by atoms with E-state index in [1.54, 1.807) is 48.0 Å². The summed E-state index contributed by atoms with van der Waals surface area (Å²) in [5, 5.41) is 15.4. The molecule has 3 rings (SSSR count). The number of aromatic nitrogens is 3. The number of aryl methyl sites for hydroxylation is 1. The van der Waals surface area contributed by atoms with Crippen molar-refractivity contribution in [3.63, 3.8) is 0 Å². The molecule has 2 aromatic carbocycles. The number of carbonyl (C=O) groups is 2. The van der Waals surface area contributed by atoms with Gasteiger partial charge in [-0.05, 0) is 42.8 Å². The molecule has 1 heterocycles.